The molecule has 0 aromatic carbocycles. The highest BCUT2D eigenvalue weighted by Crippen LogP contribution is 1.89. The highest BCUT2D eigenvalue weighted by atomic mass is 35.5. The summed E-state index contributed by atoms with van der Waals surface area (Å²) in [5, 5.41) is 0. The standard InChI is InChI=1S/C9H12NO2.ClH/c1-8-3-5-10(6-4-8)7-9(11)12-2;/h3-6H,7H2,1-2H3;1H/q+1;/p-1. The second kappa shape index (κ2) is 5.54. The van der Waals surface area contributed by atoms with Crippen LogP contribution < -0.4 is 17.0 Å². The maximum absolute atomic E-state index is 10.8. The molecule has 0 fully saturated rings. The molecule has 0 radical (unpaired) electrons. The summed E-state index contributed by atoms with van der Waals surface area (Å²) in [4.78, 5) is 10.8. The second-order valence-electron chi connectivity index (χ2n) is 2.62. The van der Waals surface area contributed by atoms with E-state index in [0.29, 0.717) is 0 Å². The zero-order valence-electron chi connectivity index (χ0n) is 7.66. The monoisotopic (exact) mass is 201 g/mol. The molecule has 0 aliphatic rings. The Hall–Kier alpha value is -1.09. The molecule has 1 aromatic rings. The van der Waals surface area contributed by atoms with E-state index in [1.54, 1.807) is 4.57 Å². The summed E-state index contributed by atoms with van der Waals surface area (Å²) in [6.45, 7) is 2.28. The highest BCUT2D eigenvalue weighted by Gasteiger charge is 2.07. The lowest BCUT2D eigenvalue weighted by molar-refractivity contribution is -0.685. The topological polar surface area (TPSA) is 30.2 Å². The number of pyridine rings is 1. The molecule has 0 aliphatic heterocycles. The minimum absolute atomic E-state index is 0. The van der Waals surface area contributed by atoms with Crippen LogP contribution in [0.2, 0.25) is 0 Å². The molecule has 1 heterocycles. The van der Waals surface area contributed by atoms with Gasteiger partial charge in [0.2, 0.25) is 6.54 Å². The van der Waals surface area contributed by atoms with Crippen molar-refractivity contribution in [2.24, 2.45) is 0 Å². The van der Waals surface area contributed by atoms with Gasteiger partial charge in [0.1, 0.15) is 0 Å². The van der Waals surface area contributed by atoms with Crippen molar-refractivity contribution in [3.63, 3.8) is 0 Å². The number of rotatable bonds is 2. The first-order valence-electron chi connectivity index (χ1n) is 3.75. The normalized spacial score (nSPS) is 8.77. The van der Waals surface area contributed by atoms with Crippen molar-refractivity contribution in [1.82, 2.24) is 0 Å². The molecule has 0 saturated heterocycles. The van der Waals surface area contributed by atoms with E-state index in [1.165, 1.54) is 12.7 Å². The van der Waals surface area contributed by atoms with E-state index in [1.807, 2.05) is 31.5 Å². The fraction of sp³-hybridized carbons (Fsp3) is 0.333. The van der Waals surface area contributed by atoms with Crippen LogP contribution >= 0.6 is 0 Å². The lowest BCUT2D eigenvalue weighted by Gasteiger charge is -1.95. The van der Waals surface area contributed by atoms with Gasteiger partial charge in [0.25, 0.3) is 0 Å². The average molecular weight is 202 g/mol. The first-order chi connectivity index (χ1) is 5.72. The minimum atomic E-state index is -0.233. The van der Waals surface area contributed by atoms with E-state index in [9.17, 15) is 4.79 Å². The second-order valence-corrected chi connectivity index (χ2v) is 2.62. The summed E-state index contributed by atoms with van der Waals surface area (Å²) in [6, 6.07) is 3.89. The number of esters is 1. The van der Waals surface area contributed by atoms with Gasteiger partial charge in [-0.05, 0) is 12.5 Å². The van der Waals surface area contributed by atoms with E-state index in [-0.39, 0.29) is 24.9 Å². The van der Waals surface area contributed by atoms with E-state index in [0.717, 1.165) is 0 Å². The van der Waals surface area contributed by atoms with Gasteiger partial charge < -0.3 is 17.1 Å². The maximum Gasteiger partial charge on any atom is 0.372 e. The first kappa shape index (κ1) is 11.9. The Morgan fingerprint density at radius 3 is 2.46 bits per heavy atom. The van der Waals surface area contributed by atoms with E-state index < -0.39 is 0 Å². The third-order valence-corrected chi connectivity index (χ3v) is 1.60. The smallest absolute Gasteiger partial charge is 0.372 e. The summed E-state index contributed by atoms with van der Waals surface area (Å²) in [5.74, 6) is -0.233. The van der Waals surface area contributed by atoms with Crippen molar-refractivity contribution in [3.05, 3.63) is 30.1 Å². The molecule has 1 rings (SSSR count). The number of carbonyl (C=O) groups is 1. The van der Waals surface area contributed by atoms with Crippen molar-refractivity contribution < 1.29 is 26.5 Å². The molecule has 3 nitrogen and oxygen atoms in total. The number of aryl methyl sites for hydroxylation is 1. The number of halogens is 1. The Balaban J connectivity index is 0.00000144. The molecule has 0 unspecified atom stereocenters. The van der Waals surface area contributed by atoms with Crippen LogP contribution in [-0.4, -0.2) is 13.1 Å². The summed E-state index contributed by atoms with van der Waals surface area (Å²) in [7, 11) is 1.39. The summed E-state index contributed by atoms with van der Waals surface area (Å²) < 4.78 is 6.30. The van der Waals surface area contributed by atoms with Crippen molar-refractivity contribution in [3.8, 4) is 0 Å². The SMILES string of the molecule is COC(=O)C[n+]1ccc(C)cc1.[Cl-]. The fourth-order valence-electron chi connectivity index (χ4n) is 0.851. The molecule has 0 aliphatic carbocycles. The molecule has 1 aromatic heterocycles. The Kier molecular flexibility index (Phi) is 5.07. The van der Waals surface area contributed by atoms with Crippen LogP contribution in [0.3, 0.4) is 0 Å². The Morgan fingerprint density at radius 1 is 1.46 bits per heavy atom. The first-order valence-corrected chi connectivity index (χ1v) is 3.75. The Labute approximate surface area is 83.7 Å². The van der Waals surface area contributed by atoms with Crippen LogP contribution in [-0.2, 0) is 16.1 Å². The third kappa shape index (κ3) is 3.90. The predicted octanol–water partition coefficient (Wildman–Crippen LogP) is -2.54. The molecule has 0 N–H and O–H groups in total. The quantitative estimate of drug-likeness (QED) is 0.390. The number of carbonyl (C=O) groups excluding carboxylic acids is 1. The zero-order valence-corrected chi connectivity index (χ0v) is 8.41. The van der Waals surface area contributed by atoms with Crippen molar-refractivity contribution in [2.45, 2.75) is 13.5 Å². The predicted molar refractivity (Wildman–Crippen MR) is 43.4 cm³/mol. The van der Waals surface area contributed by atoms with Crippen LogP contribution in [0.5, 0.6) is 0 Å². The van der Waals surface area contributed by atoms with Gasteiger partial charge in [-0.15, -0.1) is 0 Å². The van der Waals surface area contributed by atoms with Gasteiger partial charge >= 0.3 is 5.97 Å². The van der Waals surface area contributed by atoms with Crippen LogP contribution in [0.15, 0.2) is 24.5 Å². The molecule has 4 heteroatoms. The molecular weight excluding hydrogens is 190 g/mol. The summed E-state index contributed by atoms with van der Waals surface area (Å²) in [5.41, 5.74) is 1.18. The van der Waals surface area contributed by atoms with Gasteiger partial charge in [0, 0.05) is 12.1 Å². The number of aromatic nitrogens is 1. The molecule has 0 saturated carbocycles. The Morgan fingerprint density at radius 2 is 2.00 bits per heavy atom. The number of nitrogens with zero attached hydrogens (tertiary/aromatic N) is 1. The number of methoxy groups -OCH3 is 1. The van der Waals surface area contributed by atoms with Gasteiger partial charge in [-0.2, -0.15) is 4.57 Å². The molecule has 0 spiro atoms. The number of hydrogen-bond acceptors (Lipinski definition) is 2. The largest absolute Gasteiger partial charge is 1.00 e. The van der Waals surface area contributed by atoms with Crippen LogP contribution in [0.1, 0.15) is 5.56 Å². The van der Waals surface area contributed by atoms with E-state index in [2.05, 4.69) is 4.74 Å². The molecule has 0 amide bonds. The molecule has 13 heavy (non-hydrogen) atoms. The number of hydrogen-bond donors (Lipinski definition) is 0. The van der Waals surface area contributed by atoms with Crippen LogP contribution in [0.25, 0.3) is 0 Å². The van der Waals surface area contributed by atoms with Crippen LogP contribution in [0, 0.1) is 6.92 Å². The van der Waals surface area contributed by atoms with E-state index in [4.69, 9.17) is 0 Å². The van der Waals surface area contributed by atoms with E-state index >= 15 is 0 Å². The Bertz CT molecular complexity index is 271. The van der Waals surface area contributed by atoms with Gasteiger partial charge in [0.05, 0.1) is 7.11 Å². The van der Waals surface area contributed by atoms with Crippen molar-refractivity contribution >= 4 is 5.97 Å². The molecule has 0 bridgehead atoms. The molecule has 72 valence electrons. The summed E-state index contributed by atoms with van der Waals surface area (Å²) in [6.07, 6.45) is 3.71. The van der Waals surface area contributed by atoms with Gasteiger partial charge in [-0.3, -0.25) is 0 Å². The molecule has 0 atom stereocenters. The fourth-order valence-corrected chi connectivity index (χ4v) is 0.851. The third-order valence-electron chi connectivity index (χ3n) is 1.60. The summed E-state index contributed by atoms with van der Waals surface area (Å²) >= 11 is 0. The van der Waals surface area contributed by atoms with Crippen molar-refractivity contribution in [2.75, 3.05) is 7.11 Å². The van der Waals surface area contributed by atoms with Gasteiger partial charge in [0.15, 0.2) is 12.4 Å². The lowest BCUT2D eigenvalue weighted by atomic mass is 10.3. The maximum atomic E-state index is 10.8. The highest BCUT2D eigenvalue weighted by molar-refractivity contribution is 5.67. The van der Waals surface area contributed by atoms with Crippen molar-refractivity contribution in [1.29, 1.82) is 0 Å². The number of ether oxygens (including phenoxy) is 1. The van der Waals surface area contributed by atoms with Gasteiger partial charge in [-0.1, -0.05) is 0 Å². The van der Waals surface area contributed by atoms with Gasteiger partial charge in [-0.25, -0.2) is 4.79 Å². The molecular formula is C9H12ClNO2. The minimum Gasteiger partial charge on any atom is -1.00 e. The lowest BCUT2D eigenvalue weighted by Crippen LogP contribution is -3.00. The average Bonchev–Trinajstić information content (AvgIpc) is 2.09. The van der Waals surface area contributed by atoms with Crippen LogP contribution in [0.4, 0.5) is 0 Å². The zero-order chi connectivity index (χ0) is 8.97.